The molecule has 3 aromatic rings. The number of benzene rings is 3. The van der Waals surface area contributed by atoms with Crippen molar-refractivity contribution in [3.63, 3.8) is 0 Å². The Morgan fingerprint density at radius 1 is 1.00 bits per heavy atom. The van der Waals surface area contributed by atoms with Gasteiger partial charge in [0.2, 0.25) is 11.8 Å². The zero-order valence-electron chi connectivity index (χ0n) is 22.2. The molecule has 0 aromatic heterocycles. The fourth-order valence-corrected chi connectivity index (χ4v) is 5.58. The van der Waals surface area contributed by atoms with Crippen LogP contribution >= 0.6 is 15.9 Å². The van der Waals surface area contributed by atoms with Crippen LogP contribution in [0.4, 0.5) is 10.1 Å². The lowest BCUT2D eigenvalue weighted by Crippen LogP contribution is -2.51. The second-order valence-corrected chi connectivity index (χ2v) is 12.0. The Morgan fingerprint density at radius 3 is 2.26 bits per heavy atom. The Labute approximate surface area is 238 Å². The maximum absolute atomic E-state index is 14.6. The smallest absolute Gasteiger partial charge is 0.264 e. The highest BCUT2D eigenvalue weighted by Crippen LogP contribution is 2.26. The average Bonchev–Trinajstić information content (AvgIpc) is 2.91. The summed E-state index contributed by atoms with van der Waals surface area (Å²) in [6, 6.07) is 17.9. The number of unbranched alkanes of at least 4 members (excludes halogenated alkanes) is 1. The van der Waals surface area contributed by atoms with E-state index in [9.17, 15) is 22.4 Å². The first kappa shape index (κ1) is 30.3. The number of aryl methyl sites for hydroxylation is 1. The number of hydrogen-bond acceptors (Lipinski definition) is 4. The fraction of sp³-hybridized carbons (Fsp3) is 0.310. The van der Waals surface area contributed by atoms with Gasteiger partial charge in [0.25, 0.3) is 10.0 Å². The maximum atomic E-state index is 14.6. The predicted molar refractivity (Wildman–Crippen MR) is 154 cm³/mol. The standard InChI is InChI=1S/C29H33BrFN3O4S/c1-4-5-18-32-29(36)22(3)33(19-23-8-6-7-9-27(23)31)28(35)20-34(25-14-12-24(30)13-15-25)39(37,38)26-16-10-21(2)11-17-26/h6-17,22H,4-5,18-20H2,1-3H3,(H,32,36)/t22-/m0/s1. The SMILES string of the molecule is CCCCNC(=O)[C@H](C)N(Cc1ccccc1F)C(=O)CN(c1ccc(Br)cc1)S(=O)(=O)c1ccc(C)cc1. The van der Waals surface area contributed by atoms with Crippen molar-refractivity contribution in [1.29, 1.82) is 0 Å². The van der Waals surface area contributed by atoms with Gasteiger partial charge in [-0.25, -0.2) is 12.8 Å². The van der Waals surface area contributed by atoms with Crippen molar-refractivity contribution >= 4 is 43.5 Å². The van der Waals surface area contributed by atoms with Gasteiger partial charge in [0.1, 0.15) is 18.4 Å². The first-order chi connectivity index (χ1) is 18.5. The summed E-state index contributed by atoms with van der Waals surface area (Å²) in [6.45, 7) is 5.05. The quantitative estimate of drug-likeness (QED) is 0.275. The molecule has 3 aromatic carbocycles. The van der Waals surface area contributed by atoms with Gasteiger partial charge in [-0.15, -0.1) is 0 Å². The third-order valence-corrected chi connectivity index (χ3v) is 8.61. The van der Waals surface area contributed by atoms with Gasteiger partial charge in [-0.2, -0.15) is 0 Å². The molecule has 2 amide bonds. The van der Waals surface area contributed by atoms with Crippen LogP contribution < -0.4 is 9.62 Å². The van der Waals surface area contributed by atoms with Crippen molar-refractivity contribution in [2.24, 2.45) is 0 Å². The second kappa shape index (κ2) is 13.7. The van der Waals surface area contributed by atoms with E-state index in [-0.39, 0.29) is 22.7 Å². The largest absolute Gasteiger partial charge is 0.354 e. The summed E-state index contributed by atoms with van der Waals surface area (Å²) in [6.07, 6.45) is 1.65. The molecule has 3 rings (SSSR count). The Bertz CT molecular complexity index is 1380. The highest BCUT2D eigenvalue weighted by molar-refractivity contribution is 9.10. The van der Waals surface area contributed by atoms with Gasteiger partial charge in [-0.05, 0) is 62.7 Å². The number of carbonyl (C=O) groups is 2. The van der Waals surface area contributed by atoms with E-state index in [4.69, 9.17) is 0 Å². The van der Waals surface area contributed by atoms with E-state index in [1.807, 2.05) is 13.8 Å². The van der Waals surface area contributed by atoms with E-state index in [0.717, 1.165) is 27.2 Å². The number of halogens is 2. The molecule has 0 aliphatic heterocycles. The number of sulfonamides is 1. The van der Waals surface area contributed by atoms with Crippen molar-refractivity contribution < 1.29 is 22.4 Å². The molecular weight excluding hydrogens is 585 g/mol. The van der Waals surface area contributed by atoms with Gasteiger partial charge in [0, 0.05) is 23.1 Å². The molecule has 0 heterocycles. The third kappa shape index (κ3) is 7.89. The fourth-order valence-electron chi connectivity index (χ4n) is 3.90. The van der Waals surface area contributed by atoms with E-state index in [1.165, 1.54) is 35.2 Å². The van der Waals surface area contributed by atoms with Gasteiger partial charge in [0.05, 0.1) is 10.6 Å². The Balaban J connectivity index is 2.00. The van der Waals surface area contributed by atoms with Crippen LogP contribution in [0.3, 0.4) is 0 Å². The molecular formula is C29H33BrFN3O4S. The number of hydrogen-bond donors (Lipinski definition) is 1. The van der Waals surface area contributed by atoms with Crippen LogP contribution in [0.5, 0.6) is 0 Å². The second-order valence-electron chi connectivity index (χ2n) is 9.23. The number of anilines is 1. The van der Waals surface area contributed by atoms with E-state index in [1.54, 1.807) is 49.4 Å². The minimum atomic E-state index is -4.16. The lowest BCUT2D eigenvalue weighted by molar-refractivity contribution is -0.139. The monoisotopic (exact) mass is 617 g/mol. The number of nitrogens with one attached hydrogen (secondary N) is 1. The summed E-state index contributed by atoms with van der Waals surface area (Å²) in [7, 11) is -4.16. The zero-order chi connectivity index (χ0) is 28.6. The molecule has 208 valence electrons. The molecule has 0 aliphatic rings. The van der Waals surface area contributed by atoms with E-state index >= 15 is 0 Å². The van der Waals surface area contributed by atoms with Crippen molar-refractivity contribution in [1.82, 2.24) is 10.2 Å². The Kier molecular flexibility index (Phi) is 10.7. The average molecular weight is 619 g/mol. The Morgan fingerprint density at radius 2 is 1.64 bits per heavy atom. The summed E-state index contributed by atoms with van der Waals surface area (Å²) in [5.74, 6) is -1.56. The summed E-state index contributed by atoms with van der Waals surface area (Å²) in [5.41, 5.74) is 1.38. The van der Waals surface area contributed by atoms with Crippen molar-refractivity contribution in [2.75, 3.05) is 17.4 Å². The molecule has 0 radical (unpaired) electrons. The number of carbonyl (C=O) groups excluding carboxylic acids is 2. The molecule has 0 unspecified atom stereocenters. The number of amides is 2. The Hall–Kier alpha value is -3.24. The molecule has 0 saturated carbocycles. The summed E-state index contributed by atoms with van der Waals surface area (Å²) >= 11 is 3.35. The van der Waals surface area contributed by atoms with Crippen LogP contribution in [0.2, 0.25) is 0 Å². The zero-order valence-corrected chi connectivity index (χ0v) is 24.6. The molecule has 0 fully saturated rings. The topological polar surface area (TPSA) is 86.8 Å². The molecule has 0 aliphatic carbocycles. The molecule has 0 spiro atoms. The molecule has 10 heteroatoms. The van der Waals surface area contributed by atoms with Gasteiger partial charge >= 0.3 is 0 Å². The maximum Gasteiger partial charge on any atom is 0.264 e. The van der Waals surface area contributed by atoms with E-state index < -0.39 is 40.2 Å². The highest BCUT2D eigenvalue weighted by Gasteiger charge is 2.32. The first-order valence-corrected chi connectivity index (χ1v) is 14.9. The van der Waals surface area contributed by atoms with Crippen LogP contribution in [-0.2, 0) is 26.2 Å². The van der Waals surface area contributed by atoms with E-state index in [2.05, 4.69) is 21.2 Å². The predicted octanol–water partition coefficient (Wildman–Crippen LogP) is 5.43. The normalized spacial score (nSPS) is 12.0. The van der Waals surface area contributed by atoms with E-state index in [0.29, 0.717) is 6.54 Å². The van der Waals surface area contributed by atoms with Crippen LogP contribution in [0.15, 0.2) is 82.2 Å². The van der Waals surface area contributed by atoms with Gasteiger partial charge in [-0.3, -0.25) is 13.9 Å². The molecule has 0 saturated heterocycles. The van der Waals surface area contributed by atoms with Crippen molar-refractivity contribution in [2.45, 2.75) is 51.1 Å². The summed E-state index contributed by atoms with van der Waals surface area (Å²) in [5, 5.41) is 2.81. The number of nitrogens with zero attached hydrogens (tertiary/aromatic N) is 2. The van der Waals surface area contributed by atoms with Gasteiger partial charge in [0.15, 0.2) is 0 Å². The minimum Gasteiger partial charge on any atom is -0.354 e. The molecule has 39 heavy (non-hydrogen) atoms. The molecule has 1 atom stereocenters. The first-order valence-electron chi connectivity index (χ1n) is 12.7. The van der Waals surface area contributed by atoms with Crippen molar-refractivity contribution in [3.8, 4) is 0 Å². The van der Waals surface area contributed by atoms with Crippen molar-refractivity contribution in [3.05, 3.63) is 94.2 Å². The lowest BCUT2D eigenvalue weighted by atomic mass is 10.1. The van der Waals surface area contributed by atoms with Gasteiger partial charge in [-0.1, -0.05) is 65.2 Å². The molecule has 0 bridgehead atoms. The van der Waals surface area contributed by atoms with Crippen LogP contribution in [0.1, 0.15) is 37.8 Å². The van der Waals surface area contributed by atoms with Crippen LogP contribution in [0.25, 0.3) is 0 Å². The third-order valence-electron chi connectivity index (χ3n) is 6.30. The lowest BCUT2D eigenvalue weighted by Gasteiger charge is -2.32. The molecule has 1 N–H and O–H groups in total. The number of rotatable bonds is 12. The minimum absolute atomic E-state index is 0.0230. The van der Waals surface area contributed by atoms with Gasteiger partial charge < -0.3 is 10.2 Å². The van der Waals surface area contributed by atoms with Crippen LogP contribution in [0, 0.1) is 12.7 Å². The van der Waals surface area contributed by atoms with Crippen LogP contribution in [-0.4, -0.2) is 44.3 Å². The molecule has 7 nitrogen and oxygen atoms in total. The highest BCUT2D eigenvalue weighted by atomic mass is 79.9. The summed E-state index contributed by atoms with van der Waals surface area (Å²) < 4.78 is 43.9. The summed E-state index contributed by atoms with van der Waals surface area (Å²) in [4.78, 5) is 28.0.